The number of hydrogen-bond donors (Lipinski definition) is 3. The van der Waals surface area contributed by atoms with Gasteiger partial charge in [-0.3, -0.25) is 37.3 Å². The number of esters is 4. The van der Waals surface area contributed by atoms with Crippen molar-refractivity contribution in [3.05, 3.63) is 0 Å². The maximum atomic E-state index is 13.0. The largest absolute Gasteiger partial charge is 0.472 e. The molecule has 3 N–H and O–H groups in total. The Morgan fingerprint density at radius 1 is 0.310 bits per heavy atom. The van der Waals surface area contributed by atoms with Gasteiger partial charge in [0.05, 0.1) is 26.4 Å². The van der Waals surface area contributed by atoms with Gasteiger partial charge in [-0.1, -0.05) is 286 Å². The van der Waals surface area contributed by atoms with Crippen molar-refractivity contribution in [1.29, 1.82) is 0 Å². The molecule has 516 valence electrons. The first-order chi connectivity index (χ1) is 41.7. The molecular weight excluding hydrogens is 1150 g/mol. The molecule has 0 fully saturated rings. The number of aliphatic hydroxyl groups is 1. The summed E-state index contributed by atoms with van der Waals surface area (Å²) in [5, 5.41) is 10.6. The molecule has 0 spiro atoms. The molecule has 0 aromatic carbocycles. The van der Waals surface area contributed by atoms with Crippen LogP contribution in [0.3, 0.4) is 0 Å². The van der Waals surface area contributed by atoms with Gasteiger partial charge in [0, 0.05) is 25.7 Å². The molecular formula is C68H132O17P2. The molecule has 19 heteroatoms. The Hall–Kier alpha value is -1.94. The lowest BCUT2D eigenvalue weighted by atomic mass is 10.0. The lowest BCUT2D eigenvalue weighted by molar-refractivity contribution is -0.161. The Bertz CT molecular complexity index is 1720. The maximum absolute atomic E-state index is 13.0. The van der Waals surface area contributed by atoms with Gasteiger partial charge in [0.25, 0.3) is 0 Å². The van der Waals surface area contributed by atoms with Crippen molar-refractivity contribution in [2.75, 3.05) is 39.6 Å². The highest BCUT2D eigenvalue weighted by Gasteiger charge is 2.30. The summed E-state index contributed by atoms with van der Waals surface area (Å²) in [5.74, 6) is 0.119. The van der Waals surface area contributed by atoms with Crippen LogP contribution >= 0.6 is 15.6 Å². The summed E-state index contributed by atoms with van der Waals surface area (Å²) in [4.78, 5) is 72.3. The van der Waals surface area contributed by atoms with Gasteiger partial charge >= 0.3 is 39.5 Å². The maximum Gasteiger partial charge on any atom is 0.472 e. The smallest absolute Gasteiger partial charge is 0.462 e. The molecule has 2 unspecified atom stereocenters. The summed E-state index contributed by atoms with van der Waals surface area (Å²) >= 11 is 0. The molecule has 0 heterocycles. The third kappa shape index (κ3) is 62.6. The number of ether oxygens (including phenoxy) is 4. The summed E-state index contributed by atoms with van der Waals surface area (Å²) < 4.78 is 68.1. The van der Waals surface area contributed by atoms with Crippen LogP contribution in [0, 0.1) is 17.8 Å². The van der Waals surface area contributed by atoms with E-state index in [2.05, 4.69) is 48.5 Å². The summed E-state index contributed by atoms with van der Waals surface area (Å²) in [6.45, 7) is 11.7. The third-order valence-electron chi connectivity index (χ3n) is 15.6. The molecule has 0 aromatic heterocycles. The average molecular weight is 1280 g/mol. The molecule has 0 rings (SSSR count). The predicted molar refractivity (Wildman–Crippen MR) is 349 cm³/mol. The van der Waals surface area contributed by atoms with Crippen LogP contribution in [0.1, 0.15) is 337 Å². The van der Waals surface area contributed by atoms with E-state index in [0.717, 1.165) is 115 Å². The van der Waals surface area contributed by atoms with Crippen LogP contribution < -0.4 is 0 Å². The predicted octanol–water partition coefficient (Wildman–Crippen LogP) is 19.1. The molecule has 5 atom stereocenters. The van der Waals surface area contributed by atoms with Gasteiger partial charge in [-0.2, -0.15) is 0 Å². The molecule has 0 bridgehead atoms. The van der Waals surface area contributed by atoms with E-state index >= 15 is 0 Å². The number of aliphatic hydroxyl groups excluding tert-OH is 1. The van der Waals surface area contributed by atoms with E-state index in [4.69, 9.17) is 37.0 Å². The number of phosphoric acid groups is 2. The minimum Gasteiger partial charge on any atom is -0.462 e. The van der Waals surface area contributed by atoms with Crippen molar-refractivity contribution in [2.45, 2.75) is 356 Å². The zero-order chi connectivity index (χ0) is 64.5. The Balaban J connectivity index is 5.21. The molecule has 17 nitrogen and oxygen atoms in total. The zero-order valence-corrected chi connectivity index (χ0v) is 58.3. The van der Waals surface area contributed by atoms with Crippen molar-refractivity contribution in [3.63, 3.8) is 0 Å². The van der Waals surface area contributed by atoms with Gasteiger partial charge in [-0.25, -0.2) is 9.13 Å². The van der Waals surface area contributed by atoms with Crippen molar-refractivity contribution in [3.8, 4) is 0 Å². The summed E-state index contributed by atoms with van der Waals surface area (Å²) in [6.07, 6.45) is 41.9. The number of phosphoric ester groups is 2. The van der Waals surface area contributed by atoms with E-state index in [0.29, 0.717) is 31.6 Å². The summed E-state index contributed by atoms with van der Waals surface area (Å²) in [5.41, 5.74) is 0. The fourth-order valence-corrected chi connectivity index (χ4v) is 11.8. The molecule has 0 saturated heterocycles. The first-order valence-electron chi connectivity index (χ1n) is 35.3. The molecule has 87 heavy (non-hydrogen) atoms. The second-order valence-corrected chi connectivity index (χ2v) is 28.9. The highest BCUT2D eigenvalue weighted by atomic mass is 31.2. The molecule has 0 radical (unpaired) electrons. The fraction of sp³-hybridized carbons (Fsp3) is 0.941. The first kappa shape index (κ1) is 85.1. The van der Waals surface area contributed by atoms with E-state index in [1.54, 1.807) is 0 Å². The lowest BCUT2D eigenvalue weighted by Crippen LogP contribution is -2.30. The monoisotopic (exact) mass is 1280 g/mol. The number of carbonyl (C=O) groups is 4. The highest BCUT2D eigenvalue weighted by Crippen LogP contribution is 2.45. The number of unbranched alkanes of at least 4 members (excludes halogenated alkanes) is 34. The van der Waals surface area contributed by atoms with Gasteiger partial charge < -0.3 is 33.8 Å². The SMILES string of the molecule is CCCCCCCCCC(=O)OC[C@H](COP(=O)(O)OC[C@H](O)COP(=O)(O)OC[C@@H](COC(=O)CCCCCCCCCCCCCC(C)C)OC(=O)CCCCCCCCCCCCCCCC(C)C)OC(=O)CCCCCCCCCC(C)C. The van der Waals surface area contributed by atoms with E-state index in [1.165, 1.54) is 135 Å². The minimum atomic E-state index is -4.95. The number of rotatable bonds is 66. The van der Waals surface area contributed by atoms with E-state index in [-0.39, 0.29) is 25.7 Å². The van der Waals surface area contributed by atoms with Crippen LogP contribution in [0.5, 0.6) is 0 Å². The Kier molecular flexibility index (Phi) is 57.8. The molecule has 0 amide bonds. The van der Waals surface area contributed by atoms with E-state index in [9.17, 15) is 43.2 Å². The second kappa shape index (κ2) is 59.1. The Labute approximate surface area is 530 Å². The van der Waals surface area contributed by atoms with Crippen molar-refractivity contribution in [2.24, 2.45) is 17.8 Å². The van der Waals surface area contributed by atoms with Crippen LogP contribution in [0.2, 0.25) is 0 Å². The van der Waals surface area contributed by atoms with Crippen molar-refractivity contribution >= 4 is 39.5 Å². The van der Waals surface area contributed by atoms with Gasteiger partial charge in [0.15, 0.2) is 12.2 Å². The van der Waals surface area contributed by atoms with Crippen LogP contribution in [-0.2, 0) is 65.4 Å². The highest BCUT2D eigenvalue weighted by molar-refractivity contribution is 7.47. The molecule has 0 aliphatic rings. The molecule has 0 aliphatic carbocycles. The zero-order valence-electron chi connectivity index (χ0n) is 56.5. The van der Waals surface area contributed by atoms with Crippen molar-refractivity contribution < 1.29 is 80.2 Å². The Morgan fingerprint density at radius 2 is 0.529 bits per heavy atom. The standard InChI is InChI=1S/C68H132O17P2/c1-8-9-10-11-25-35-42-49-65(70)78-55-63(85-68(73)52-45-38-31-24-28-34-41-48-61(6)7)57-82-86(74,75)80-53-62(69)54-81-87(76,77)83-58-64(56-79-66(71)50-43-36-29-22-19-15-17-21-27-33-40-47-60(4)5)84-67(72)51-44-37-30-23-18-14-12-13-16-20-26-32-39-46-59(2)3/h59-64,69H,8-58H2,1-7H3,(H,74,75)(H,76,77)/t62-,63+,64+/m0/s1. The number of carbonyl (C=O) groups excluding carboxylic acids is 4. The van der Waals surface area contributed by atoms with Crippen LogP contribution in [-0.4, -0.2) is 96.7 Å². The molecule has 0 aliphatic heterocycles. The number of hydrogen-bond acceptors (Lipinski definition) is 15. The Morgan fingerprint density at radius 3 is 0.782 bits per heavy atom. The quantitative estimate of drug-likeness (QED) is 0.0222. The van der Waals surface area contributed by atoms with Gasteiger partial charge in [-0.05, 0) is 43.4 Å². The van der Waals surface area contributed by atoms with Gasteiger partial charge in [0.2, 0.25) is 0 Å². The summed E-state index contributed by atoms with van der Waals surface area (Å²) in [6, 6.07) is 0. The van der Waals surface area contributed by atoms with Crippen LogP contribution in [0.4, 0.5) is 0 Å². The minimum absolute atomic E-state index is 0.103. The molecule has 0 saturated carbocycles. The van der Waals surface area contributed by atoms with E-state index < -0.39 is 97.5 Å². The van der Waals surface area contributed by atoms with E-state index in [1.807, 2.05) is 0 Å². The topological polar surface area (TPSA) is 237 Å². The third-order valence-corrected chi connectivity index (χ3v) is 17.5. The fourth-order valence-electron chi connectivity index (χ4n) is 10.2. The normalized spacial score (nSPS) is 14.3. The van der Waals surface area contributed by atoms with Crippen LogP contribution in [0.25, 0.3) is 0 Å². The second-order valence-electron chi connectivity index (χ2n) is 26.0. The summed E-state index contributed by atoms with van der Waals surface area (Å²) in [7, 11) is -9.89. The van der Waals surface area contributed by atoms with Gasteiger partial charge in [0.1, 0.15) is 19.3 Å². The lowest BCUT2D eigenvalue weighted by Gasteiger charge is -2.21. The average Bonchev–Trinajstić information content (AvgIpc) is 3.67. The van der Waals surface area contributed by atoms with Crippen LogP contribution in [0.15, 0.2) is 0 Å². The molecule has 0 aromatic rings. The van der Waals surface area contributed by atoms with Crippen molar-refractivity contribution in [1.82, 2.24) is 0 Å². The first-order valence-corrected chi connectivity index (χ1v) is 38.3. The van der Waals surface area contributed by atoms with Gasteiger partial charge in [-0.15, -0.1) is 0 Å².